The van der Waals surface area contributed by atoms with Gasteiger partial charge in [-0.15, -0.1) is 0 Å². The largest absolute Gasteiger partial charge is 0.354 e. The van der Waals surface area contributed by atoms with Gasteiger partial charge in [0, 0.05) is 55.9 Å². The van der Waals surface area contributed by atoms with Crippen LogP contribution in [0.3, 0.4) is 0 Å². The Morgan fingerprint density at radius 1 is 1.00 bits per heavy atom. The first-order valence-corrected chi connectivity index (χ1v) is 10.00. The van der Waals surface area contributed by atoms with Gasteiger partial charge < -0.3 is 20.1 Å². The minimum Gasteiger partial charge on any atom is -0.354 e. The maximum absolute atomic E-state index is 12.5. The lowest BCUT2D eigenvalue weighted by Crippen LogP contribution is -2.38. The normalized spacial score (nSPS) is 16.1. The van der Waals surface area contributed by atoms with Gasteiger partial charge in [0.15, 0.2) is 0 Å². The molecule has 4 rings (SSSR count). The molecular weight excluding hydrogens is 380 g/mol. The molecule has 1 atom stereocenters. The number of para-hydroxylation sites is 2. The summed E-state index contributed by atoms with van der Waals surface area (Å²) in [5.41, 5.74) is 2.41. The molecule has 1 aliphatic rings. The van der Waals surface area contributed by atoms with Crippen molar-refractivity contribution in [3.63, 3.8) is 0 Å². The first kappa shape index (κ1) is 19.7. The van der Waals surface area contributed by atoms with Gasteiger partial charge in [-0.2, -0.15) is 0 Å². The Labute approximate surface area is 174 Å². The first-order valence-electron chi connectivity index (χ1n) is 10.00. The van der Waals surface area contributed by atoms with Crippen molar-refractivity contribution in [2.75, 3.05) is 24.5 Å². The predicted octanol–water partition coefficient (Wildman–Crippen LogP) is 2.08. The van der Waals surface area contributed by atoms with E-state index in [-0.39, 0.29) is 30.1 Å². The Bertz CT molecular complexity index is 1090. The molecule has 30 heavy (non-hydrogen) atoms. The lowest BCUT2D eigenvalue weighted by atomic mass is 10.1. The Balaban J connectivity index is 1.27. The van der Waals surface area contributed by atoms with Gasteiger partial charge >= 0.3 is 0 Å². The first-order chi connectivity index (χ1) is 14.5. The zero-order chi connectivity index (χ0) is 21.1. The second kappa shape index (κ2) is 8.41. The lowest BCUT2D eigenvalue weighted by molar-refractivity contribution is -0.126. The van der Waals surface area contributed by atoms with Gasteiger partial charge in [-0.25, -0.2) is 0 Å². The second-order valence-electron chi connectivity index (χ2n) is 7.46. The number of aryl methyl sites for hydroxylation is 1. The monoisotopic (exact) mass is 404 g/mol. The Morgan fingerprint density at radius 2 is 1.70 bits per heavy atom. The molecule has 1 aliphatic heterocycles. The van der Waals surface area contributed by atoms with Crippen molar-refractivity contribution in [3.8, 4) is 0 Å². The number of hydrogen-bond acceptors (Lipinski definition) is 3. The van der Waals surface area contributed by atoms with Crippen molar-refractivity contribution in [1.29, 1.82) is 0 Å². The van der Waals surface area contributed by atoms with Crippen LogP contribution in [0.5, 0.6) is 0 Å². The number of hydrogen-bond donors (Lipinski definition) is 2. The van der Waals surface area contributed by atoms with Crippen LogP contribution in [0.25, 0.3) is 10.9 Å². The average molecular weight is 404 g/mol. The van der Waals surface area contributed by atoms with Gasteiger partial charge in [-0.3, -0.25) is 14.4 Å². The van der Waals surface area contributed by atoms with Crippen molar-refractivity contribution in [3.05, 3.63) is 66.4 Å². The summed E-state index contributed by atoms with van der Waals surface area (Å²) in [4.78, 5) is 38.9. The molecule has 1 fully saturated rings. The molecule has 7 nitrogen and oxygen atoms in total. The van der Waals surface area contributed by atoms with E-state index in [0.29, 0.717) is 25.2 Å². The molecule has 0 spiro atoms. The van der Waals surface area contributed by atoms with Crippen molar-refractivity contribution in [2.45, 2.75) is 6.42 Å². The molecule has 0 radical (unpaired) electrons. The zero-order valence-corrected chi connectivity index (χ0v) is 16.8. The van der Waals surface area contributed by atoms with E-state index in [1.165, 1.54) is 0 Å². The highest BCUT2D eigenvalue weighted by Crippen LogP contribution is 2.24. The number of carbonyl (C=O) groups is 3. The third kappa shape index (κ3) is 3.91. The number of rotatable bonds is 6. The van der Waals surface area contributed by atoms with Gasteiger partial charge in [-0.05, 0) is 18.2 Å². The van der Waals surface area contributed by atoms with Gasteiger partial charge in [0.05, 0.1) is 11.5 Å². The molecule has 3 aromatic rings. The standard InChI is InChI=1S/C23H24N4O3/c1-26-15-19(18-9-5-6-10-20(18)26)23(30)25-12-11-24-22(29)16-13-21(28)27(14-16)17-7-3-2-4-8-17/h2-10,15-16H,11-14H2,1H3,(H,24,29)(H,25,30)/t16-/m0/s1. The van der Waals surface area contributed by atoms with E-state index in [2.05, 4.69) is 10.6 Å². The van der Waals surface area contributed by atoms with E-state index in [1.54, 1.807) is 11.1 Å². The average Bonchev–Trinajstić information content (AvgIpc) is 3.32. The number of nitrogens with one attached hydrogen (secondary N) is 2. The summed E-state index contributed by atoms with van der Waals surface area (Å²) in [6, 6.07) is 17.1. The molecule has 0 bridgehead atoms. The summed E-state index contributed by atoms with van der Waals surface area (Å²) in [5.74, 6) is -0.773. The summed E-state index contributed by atoms with van der Waals surface area (Å²) < 4.78 is 1.92. The predicted molar refractivity (Wildman–Crippen MR) is 115 cm³/mol. The minimum absolute atomic E-state index is 0.0504. The number of anilines is 1. The van der Waals surface area contributed by atoms with Crippen molar-refractivity contribution in [2.24, 2.45) is 13.0 Å². The number of fused-ring (bicyclic) bond motifs is 1. The number of nitrogens with zero attached hydrogens (tertiary/aromatic N) is 2. The van der Waals surface area contributed by atoms with E-state index in [0.717, 1.165) is 16.6 Å². The lowest BCUT2D eigenvalue weighted by Gasteiger charge is -2.16. The van der Waals surface area contributed by atoms with Crippen LogP contribution in [0.2, 0.25) is 0 Å². The van der Waals surface area contributed by atoms with Crippen molar-refractivity contribution < 1.29 is 14.4 Å². The number of aromatic nitrogens is 1. The second-order valence-corrected chi connectivity index (χ2v) is 7.46. The molecule has 7 heteroatoms. The third-order valence-corrected chi connectivity index (χ3v) is 5.42. The Kier molecular flexibility index (Phi) is 5.52. The van der Waals surface area contributed by atoms with Gasteiger partial charge in [0.25, 0.3) is 5.91 Å². The summed E-state index contributed by atoms with van der Waals surface area (Å²) in [5, 5.41) is 6.57. The number of amides is 3. The van der Waals surface area contributed by atoms with Gasteiger partial charge in [-0.1, -0.05) is 36.4 Å². The molecule has 1 saturated heterocycles. The van der Waals surface area contributed by atoms with E-state index in [4.69, 9.17) is 0 Å². The molecule has 3 amide bonds. The van der Waals surface area contributed by atoms with Crippen LogP contribution in [-0.2, 0) is 16.6 Å². The molecule has 0 aliphatic carbocycles. The Hall–Kier alpha value is -3.61. The summed E-state index contributed by atoms with van der Waals surface area (Å²) in [7, 11) is 1.90. The molecule has 2 aromatic carbocycles. The fraction of sp³-hybridized carbons (Fsp3) is 0.261. The topological polar surface area (TPSA) is 83.4 Å². The zero-order valence-electron chi connectivity index (χ0n) is 16.8. The van der Waals surface area contributed by atoms with Gasteiger partial charge in [0.1, 0.15) is 0 Å². The van der Waals surface area contributed by atoms with E-state index in [1.807, 2.05) is 66.2 Å². The fourth-order valence-electron chi connectivity index (χ4n) is 3.86. The van der Waals surface area contributed by atoms with Gasteiger partial charge in [0.2, 0.25) is 11.8 Å². The van der Waals surface area contributed by atoms with Crippen molar-refractivity contribution >= 4 is 34.3 Å². The van der Waals surface area contributed by atoms with E-state index < -0.39 is 0 Å². The van der Waals surface area contributed by atoms with Crippen LogP contribution < -0.4 is 15.5 Å². The summed E-state index contributed by atoms with van der Waals surface area (Å²) >= 11 is 0. The quantitative estimate of drug-likeness (QED) is 0.617. The van der Waals surface area contributed by atoms with E-state index >= 15 is 0 Å². The molecule has 154 valence electrons. The van der Waals surface area contributed by atoms with Crippen LogP contribution >= 0.6 is 0 Å². The molecule has 1 aromatic heterocycles. The smallest absolute Gasteiger partial charge is 0.253 e. The van der Waals surface area contributed by atoms with Crippen LogP contribution in [-0.4, -0.2) is 41.9 Å². The third-order valence-electron chi connectivity index (χ3n) is 5.42. The summed E-state index contributed by atoms with van der Waals surface area (Å²) in [6.07, 6.45) is 2.00. The highest BCUT2D eigenvalue weighted by atomic mass is 16.2. The molecule has 2 N–H and O–H groups in total. The molecule has 0 saturated carbocycles. The van der Waals surface area contributed by atoms with E-state index in [9.17, 15) is 14.4 Å². The Morgan fingerprint density at radius 3 is 2.50 bits per heavy atom. The molecular formula is C23H24N4O3. The van der Waals surface area contributed by atoms with Crippen LogP contribution in [0.1, 0.15) is 16.8 Å². The maximum atomic E-state index is 12.5. The highest BCUT2D eigenvalue weighted by molar-refractivity contribution is 6.07. The minimum atomic E-state index is -0.383. The highest BCUT2D eigenvalue weighted by Gasteiger charge is 2.34. The van der Waals surface area contributed by atoms with Crippen LogP contribution in [0, 0.1) is 5.92 Å². The van der Waals surface area contributed by atoms with Crippen LogP contribution in [0.15, 0.2) is 60.8 Å². The number of carbonyl (C=O) groups excluding carboxylic acids is 3. The summed E-state index contributed by atoms with van der Waals surface area (Å²) in [6.45, 7) is 0.999. The van der Waals surface area contributed by atoms with Crippen molar-refractivity contribution in [1.82, 2.24) is 15.2 Å². The maximum Gasteiger partial charge on any atom is 0.253 e. The molecule has 2 heterocycles. The molecule has 0 unspecified atom stereocenters. The SMILES string of the molecule is Cn1cc(C(=O)NCCNC(=O)[C@H]2CC(=O)N(c3ccccc3)C2)c2ccccc21. The fourth-order valence-corrected chi connectivity index (χ4v) is 3.86. The van der Waals surface area contributed by atoms with Crippen LogP contribution in [0.4, 0.5) is 5.69 Å². The number of benzene rings is 2.